The van der Waals surface area contributed by atoms with Gasteiger partial charge in [0.15, 0.2) is 5.16 Å². The number of benzene rings is 1. The van der Waals surface area contributed by atoms with Gasteiger partial charge in [-0.1, -0.05) is 27.7 Å². The van der Waals surface area contributed by atoms with Gasteiger partial charge in [-0.05, 0) is 38.0 Å². The van der Waals surface area contributed by atoms with Gasteiger partial charge in [0.05, 0.1) is 29.3 Å². The average Bonchev–Trinajstić information content (AvgIpc) is 3.32. The second kappa shape index (κ2) is 7.25. The number of fused-ring (bicyclic) bond motifs is 1. The van der Waals surface area contributed by atoms with Gasteiger partial charge in [-0.3, -0.25) is 14.2 Å². The number of rotatable bonds is 6. The second-order valence-corrected chi connectivity index (χ2v) is 7.81. The molecule has 8 heteroatoms. The Morgan fingerprint density at radius 2 is 2.29 bits per heavy atom. The quantitative estimate of drug-likeness (QED) is 0.560. The van der Waals surface area contributed by atoms with Crippen molar-refractivity contribution < 1.29 is 9.90 Å². The van der Waals surface area contributed by atoms with E-state index in [1.807, 2.05) is 6.07 Å². The van der Waals surface area contributed by atoms with Crippen LogP contribution in [0.4, 0.5) is 0 Å². The standard InChI is InChI=1S/C16H18BrN3O3S/c1-9(21)7-20-15(23)12-6-10(17)2-5-13(12)19-16(20)24-8-14(22)18-11-3-4-11/h2,5-6,9,11,21H,3-4,7-8H2,1H3,(H,18,22)/t9-/m0/s1. The van der Waals surface area contributed by atoms with Gasteiger partial charge in [-0.15, -0.1) is 0 Å². The van der Waals surface area contributed by atoms with E-state index in [4.69, 9.17) is 0 Å². The van der Waals surface area contributed by atoms with Gasteiger partial charge in [0.2, 0.25) is 5.91 Å². The molecule has 1 atom stereocenters. The zero-order chi connectivity index (χ0) is 17.3. The second-order valence-electron chi connectivity index (χ2n) is 5.95. The molecule has 0 bridgehead atoms. The molecule has 0 spiro atoms. The molecule has 2 N–H and O–H groups in total. The molecule has 0 radical (unpaired) electrons. The number of nitrogens with one attached hydrogen (secondary N) is 1. The Hall–Kier alpha value is -1.38. The zero-order valence-corrected chi connectivity index (χ0v) is 15.6. The van der Waals surface area contributed by atoms with Crippen LogP contribution in [0, 0.1) is 0 Å². The number of carbonyl (C=O) groups excluding carboxylic acids is 1. The van der Waals surface area contributed by atoms with Crippen molar-refractivity contribution in [1.29, 1.82) is 0 Å². The summed E-state index contributed by atoms with van der Waals surface area (Å²) in [6.45, 7) is 1.76. The Kier molecular flexibility index (Phi) is 5.27. The van der Waals surface area contributed by atoms with Crippen LogP contribution in [-0.2, 0) is 11.3 Å². The third-order valence-corrected chi connectivity index (χ3v) is 5.07. The van der Waals surface area contributed by atoms with Gasteiger partial charge >= 0.3 is 0 Å². The number of hydrogen-bond donors (Lipinski definition) is 2. The first-order valence-corrected chi connectivity index (χ1v) is 9.52. The van der Waals surface area contributed by atoms with Gasteiger partial charge in [0.1, 0.15) is 0 Å². The summed E-state index contributed by atoms with van der Waals surface area (Å²) in [5.74, 6) is 0.140. The van der Waals surface area contributed by atoms with Crippen LogP contribution in [0.5, 0.6) is 0 Å². The highest BCUT2D eigenvalue weighted by molar-refractivity contribution is 9.10. The molecule has 0 saturated heterocycles. The van der Waals surface area contributed by atoms with Crippen LogP contribution in [0.25, 0.3) is 10.9 Å². The summed E-state index contributed by atoms with van der Waals surface area (Å²) in [5, 5.41) is 13.5. The number of aliphatic hydroxyl groups is 1. The van der Waals surface area contributed by atoms with Gasteiger partial charge in [-0.2, -0.15) is 0 Å². The molecule has 0 unspecified atom stereocenters. The SMILES string of the molecule is C[C@H](O)Cn1c(SCC(=O)NC2CC2)nc2ccc(Br)cc2c1=O. The molecule has 6 nitrogen and oxygen atoms in total. The Morgan fingerprint density at radius 1 is 1.54 bits per heavy atom. The number of aromatic nitrogens is 2. The number of nitrogens with zero attached hydrogens (tertiary/aromatic N) is 2. The number of aliphatic hydroxyl groups excluding tert-OH is 1. The fraction of sp³-hybridized carbons (Fsp3) is 0.438. The van der Waals surface area contributed by atoms with Crippen molar-refractivity contribution in [1.82, 2.24) is 14.9 Å². The van der Waals surface area contributed by atoms with E-state index in [9.17, 15) is 14.7 Å². The van der Waals surface area contributed by atoms with Gasteiger partial charge in [-0.25, -0.2) is 4.98 Å². The first-order chi connectivity index (χ1) is 11.4. The minimum atomic E-state index is -0.686. The van der Waals surface area contributed by atoms with Crippen LogP contribution >= 0.6 is 27.7 Å². The van der Waals surface area contributed by atoms with Gasteiger partial charge in [0.25, 0.3) is 5.56 Å². The lowest BCUT2D eigenvalue weighted by atomic mass is 10.2. The van der Waals surface area contributed by atoms with Crippen LogP contribution < -0.4 is 10.9 Å². The first kappa shape index (κ1) is 17.4. The number of halogens is 1. The molecule has 1 saturated carbocycles. The van der Waals surface area contributed by atoms with Gasteiger partial charge < -0.3 is 10.4 Å². The van der Waals surface area contributed by atoms with E-state index in [0.717, 1.165) is 17.3 Å². The number of hydrogen-bond acceptors (Lipinski definition) is 5. The van der Waals surface area contributed by atoms with Crippen molar-refractivity contribution in [2.24, 2.45) is 0 Å². The molecule has 1 aromatic heterocycles. The van der Waals surface area contributed by atoms with Crippen molar-refractivity contribution in [3.63, 3.8) is 0 Å². The molecule has 1 fully saturated rings. The summed E-state index contributed by atoms with van der Waals surface area (Å²) in [6.07, 6.45) is 1.38. The van der Waals surface area contributed by atoms with E-state index in [1.165, 1.54) is 16.3 Å². The minimum Gasteiger partial charge on any atom is -0.392 e. The predicted octanol–water partition coefficient (Wildman–Crippen LogP) is 1.91. The molecular weight excluding hydrogens is 394 g/mol. The fourth-order valence-corrected chi connectivity index (χ4v) is 3.52. The Morgan fingerprint density at radius 3 is 2.96 bits per heavy atom. The molecule has 0 aliphatic heterocycles. The molecule has 1 aliphatic carbocycles. The third-order valence-electron chi connectivity index (χ3n) is 3.60. The van der Waals surface area contributed by atoms with Gasteiger partial charge in [0, 0.05) is 10.5 Å². The first-order valence-electron chi connectivity index (χ1n) is 7.74. The summed E-state index contributed by atoms with van der Waals surface area (Å²) in [6, 6.07) is 5.61. The molecule has 1 aliphatic rings. The Labute approximate surface area is 151 Å². The van der Waals surface area contributed by atoms with E-state index in [1.54, 1.807) is 19.1 Å². The smallest absolute Gasteiger partial charge is 0.262 e. The maximum absolute atomic E-state index is 12.7. The number of amides is 1. The average molecular weight is 412 g/mol. The molecule has 128 valence electrons. The zero-order valence-electron chi connectivity index (χ0n) is 13.2. The van der Waals surface area contributed by atoms with Crippen molar-refractivity contribution in [3.05, 3.63) is 33.0 Å². The summed E-state index contributed by atoms with van der Waals surface area (Å²) in [4.78, 5) is 29.1. The van der Waals surface area contributed by atoms with E-state index in [-0.39, 0.29) is 23.8 Å². The molecule has 1 amide bonds. The summed E-state index contributed by atoms with van der Waals surface area (Å²) >= 11 is 4.57. The van der Waals surface area contributed by atoms with E-state index < -0.39 is 6.10 Å². The fourth-order valence-electron chi connectivity index (χ4n) is 2.34. The third kappa shape index (κ3) is 4.17. The minimum absolute atomic E-state index is 0.0590. The van der Waals surface area contributed by atoms with E-state index >= 15 is 0 Å². The maximum atomic E-state index is 12.7. The number of thioether (sulfide) groups is 1. The molecular formula is C16H18BrN3O3S. The largest absolute Gasteiger partial charge is 0.392 e. The molecule has 3 rings (SSSR count). The molecule has 2 aromatic rings. The molecule has 1 heterocycles. The summed E-state index contributed by atoms with van der Waals surface area (Å²) in [5.41, 5.74) is 0.363. The van der Waals surface area contributed by atoms with Crippen LogP contribution in [0.3, 0.4) is 0 Å². The van der Waals surface area contributed by atoms with Crippen LogP contribution in [-0.4, -0.2) is 38.5 Å². The maximum Gasteiger partial charge on any atom is 0.262 e. The van der Waals surface area contributed by atoms with Crippen molar-refractivity contribution in [2.75, 3.05) is 5.75 Å². The molecule has 1 aromatic carbocycles. The molecule has 24 heavy (non-hydrogen) atoms. The summed E-state index contributed by atoms with van der Waals surface area (Å²) < 4.78 is 2.23. The lowest BCUT2D eigenvalue weighted by Gasteiger charge is -2.14. The Balaban J connectivity index is 1.92. The van der Waals surface area contributed by atoms with Crippen LogP contribution in [0.2, 0.25) is 0 Å². The Bertz CT molecular complexity index is 833. The van der Waals surface area contributed by atoms with Crippen molar-refractivity contribution in [3.8, 4) is 0 Å². The van der Waals surface area contributed by atoms with E-state index in [0.29, 0.717) is 22.1 Å². The topological polar surface area (TPSA) is 84.2 Å². The monoisotopic (exact) mass is 411 g/mol. The van der Waals surface area contributed by atoms with Crippen molar-refractivity contribution >= 4 is 44.5 Å². The number of carbonyl (C=O) groups is 1. The lowest BCUT2D eigenvalue weighted by molar-refractivity contribution is -0.118. The highest BCUT2D eigenvalue weighted by atomic mass is 79.9. The highest BCUT2D eigenvalue weighted by Gasteiger charge is 2.23. The summed E-state index contributed by atoms with van der Waals surface area (Å²) in [7, 11) is 0. The van der Waals surface area contributed by atoms with E-state index in [2.05, 4.69) is 26.2 Å². The predicted molar refractivity (Wildman–Crippen MR) is 97.3 cm³/mol. The van der Waals surface area contributed by atoms with Crippen LogP contribution in [0.1, 0.15) is 19.8 Å². The highest BCUT2D eigenvalue weighted by Crippen LogP contribution is 2.22. The lowest BCUT2D eigenvalue weighted by Crippen LogP contribution is -2.30. The normalized spacial score (nSPS) is 15.5. The van der Waals surface area contributed by atoms with Crippen LogP contribution in [0.15, 0.2) is 32.6 Å². The van der Waals surface area contributed by atoms with Crippen molar-refractivity contribution in [2.45, 2.75) is 43.6 Å².